The molecule has 0 aliphatic carbocycles. The highest BCUT2D eigenvalue weighted by Gasteiger charge is 2.53. The molecule has 2 amide bonds. The number of nitrogens with zero attached hydrogens (tertiary/aromatic N) is 1. The van der Waals surface area contributed by atoms with E-state index in [4.69, 9.17) is 11.6 Å². The molecule has 1 fully saturated rings. The number of hydrogen-bond acceptors (Lipinski definition) is 5. The van der Waals surface area contributed by atoms with Gasteiger partial charge in [0.05, 0.1) is 5.75 Å². The molecule has 0 aromatic heterocycles. The third-order valence-electron chi connectivity index (χ3n) is 4.29. The Morgan fingerprint density at radius 3 is 2.59 bits per heavy atom. The van der Waals surface area contributed by atoms with Crippen molar-refractivity contribution in [3.05, 3.63) is 40.6 Å². The van der Waals surface area contributed by atoms with Gasteiger partial charge in [0.1, 0.15) is 17.1 Å². The number of rotatable bonds is 6. The Morgan fingerprint density at radius 1 is 1.33 bits per heavy atom. The number of carbonyl (C=O) groups excluding carboxylic acids is 2. The van der Waals surface area contributed by atoms with Crippen LogP contribution in [-0.2, 0) is 14.4 Å². The molecule has 144 valence electrons. The summed E-state index contributed by atoms with van der Waals surface area (Å²) in [5.74, 6) is -1.13. The van der Waals surface area contributed by atoms with Gasteiger partial charge in [0.15, 0.2) is 0 Å². The minimum Gasteiger partial charge on any atom is -0.477 e. The van der Waals surface area contributed by atoms with E-state index in [2.05, 4.69) is 11.4 Å². The van der Waals surface area contributed by atoms with E-state index in [0.717, 1.165) is 16.0 Å². The standard InChI is InChI=1S/C18H19ClN2O4S2/c1-9-3-10(2)5-12(4-9)26-8-13(22)20-14-16(23)21-15(18(24)25)11(6-19)7-27-17(14)21/h3-5,14,17H,6-8H2,1-2H3,(H,20,22)(H,24,25)/t14-,17-/m1/s1. The number of amides is 2. The number of hydrogen-bond donors (Lipinski definition) is 2. The molecular formula is C18H19ClN2O4S2. The van der Waals surface area contributed by atoms with Crippen LogP contribution in [0, 0.1) is 13.8 Å². The summed E-state index contributed by atoms with van der Waals surface area (Å²) in [5, 5.41) is 11.7. The second kappa shape index (κ2) is 8.16. The number of carboxylic acids is 1. The lowest BCUT2D eigenvalue weighted by Crippen LogP contribution is -2.70. The molecule has 27 heavy (non-hydrogen) atoms. The van der Waals surface area contributed by atoms with Crippen molar-refractivity contribution in [3.8, 4) is 0 Å². The molecular weight excluding hydrogens is 408 g/mol. The summed E-state index contributed by atoms with van der Waals surface area (Å²) in [5.41, 5.74) is 2.73. The van der Waals surface area contributed by atoms with E-state index in [9.17, 15) is 19.5 Å². The fraction of sp³-hybridized carbons (Fsp3) is 0.389. The number of carboxylic acid groups (broad SMARTS) is 1. The maximum atomic E-state index is 12.4. The van der Waals surface area contributed by atoms with Gasteiger partial charge in [0.2, 0.25) is 5.91 Å². The Hall–Kier alpha value is -1.64. The maximum absolute atomic E-state index is 12.4. The molecule has 6 nitrogen and oxygen atoms in total. The second-order valence-corrected chi connectivity index (χ2v) is 8.88. The summed E-state index contributed by atoms with van der Waals surface area (Å²) in [4.78, 5) is 38.4. The molecule has 0 spiro atoms. The zero-order valence-electron chi connectivity index (χ0n) is 14.8. The van der Waals surface area contributed by atoms with Crippen LogP contribution in [0.15, 0.2) is 34.4 Å². The average Bonchev–Trinajstić information content (AvgIpc) is 2.62. The molecule has 1 aromatic rings. The van der Waals surface area contributed by atoms with Crippen molar-refractivity contribution in [2.45, 2.75) is 30.2 Å². The van der Waals surface area contributed by atoms with Crippen molar-refractivity contribution in [2.24, 2.45) is 0 Å². The molecule has 1 aromatic carbocycles. The van der Waals surface area contributed by atoms with Crippen LogP contribution in [-0.4, -0.2) is 56.6 Å². The van der Waals surface area contributed by atoms with Gasteiger partial charge >= 0.3 is 5.97 Å². The number of aryl methyl sites for hydroxylation is 2. The summed E-state index contributed by atoms with van der Waals surface area (Å²) < 4.78 is 0. The van der Waals surface area contributed by atoms with Crippen LogP contribution in [0.3, 0.4) is 0 Å². The Balaban J connectivity index is 1.61. The molecule has 2 N–H and O–H groups in total. The molecule has 0 unspecified atom stereocenters. The number of fused-ring (bicyclic) bond motifs is 1. The smallest absolute Gasteiger partial charge is 0.352 e. The van der Waals surface area contributed by atoms with E-state index in [1.54, 1.807) is 0 Å². The van der Waals surface area contributed by atoms with Gasteiger partial charge in [-0.3, -0.25) is 14.5 Å². The van der Waals surface area contributed by atoms with Crippen LogP contribution in [0.25, 0.3) is 0 Å². The summed E-state index contributed by atoms with van der Waals surface area (Å²) in [6.07, 6.45) is 0. The van der Waals surface area contributed by atoms with E-state index in [1.165, 1.54) is 28.4 Å². The molecule has 2 heterocycles. The number of carbonyl (C=O) groups is 3. The first-order valence-corrected chi connectivity index (χ1v) is 10.8. The second-order valence-electron chi connectivity index (χ2n) is 6.46. The van der Waals surface area contributed by atoms with E-state index < -0.39 is 23.3 Å². The van der Waals surface area contributed by atoms with E-state index in [1.807, 2.05) is 26.0 Å². The van der Waals surface area contributed by atoms with Gasteiger partial charge in [-0.15, -0.1) is 35.1 Å². The molecule has 2 atom stereocenters. The first-order valence-electron chi connectivity index (χ1n) is 8.28. The predicted molar refractivity (Wildman–Crippen MR) is 107 cm³/mol. The first-order chi connectivity index (χ1) is 12.8. The molecule has 0 radical (unpaired) electrons. The molecule has 2 aliphatic heterocycles. The highest BCUT2D eigenvalue weighted by atomic mass is 35.5. The number of thioether (sulfide) groups is 2. The normalized spacial score (nSPS) is 21.6. The lowest BCUT2D eigenvalue weighted by Gasteiger charge is -2.49. The van der Waals surface area contributed by atoms with Crippen molar-refractivity contribution < 1.29 is 19.5 Å². The third kappa shape index (κ3) is 4.12. The first kappa shape index (κ1) is 20.1. The minimum absolute atomic E-state index is 0.0474. The van der Waals surface area contributed by atoms with Crippen LogP contribution < -0.4 is 5.32 Å². The molecule has 0 bridgehead atoms. The van der Waals surface area contributed by atoms with Gasteiger partial charge in [-0.25, -0.2) is 4.79 Å². The van der Waals surface area contributed by atoms with Crippen molar-refractivity contribution in [3.63, 3.8) is 0 Å². The van der Waals surface area contributed by atoms with E-state index in [0.29, 0.717) is 11.3 Å². The van der Waals surface area contributed by atoms with E-state index in [-0.39, 0.29) is 23.2 Å². The highest BCUT2D eigenvalue weighted by molar-refractivity contribution is 8.00. The zero-order chi connectivity index (χ0) is 19.7. The van der Waals surface area contributed by atoms with Crippen LogP contribution in [0.1, 0.15) is 11.1 Å². The summed E-state index contributed by atoms with van der Waals surface area (Å²) in [6, 6.07) is 5.38. The van der Waals surface area contributed by atoms with Gasteiger partial charge in [-0.2, -0.15) is 0 Å². The fourth-order valence-electron chi connectivity index (χ4n) is 3.17. The van der Waals surface area contributed by atoms with E-state index >= 15 is 0 Å². The van der Waals surface area contributed by atoms with Crippen molar-refractivity contribution in [1.82, 2.24) is 10.2 Å². The maximum Gasteiger partial charge on any atom is 0.352 e. The number of benzene rings is 1. The van der Waals surface area contributed by atoms with Crippen molar-refractivity contribution >= 4 is 52.9 Å². The van der Waals surface area contributed by atoms with Crippen molar-refractivity contribution in [2.75, 3.05) is 17.4 Å². The Bertz CT molecular complexity index is 822. The number of aliphatic carboxylic acids is 1. The SMILES string of the molecule is Cc1cc(C)cc(SCC(=O)N[C@@H]2C(=O)N3C(C(=O)O)=C(CCl)CS[C@H]23)c1. The molecule has 9 heteroatoms. The summed E-state index contributed by atoms with van der Waals surface area (Å²) >= 11 is 8.63. The lowest BCUT2D eigenvalue weighted by atomic mass is 10.0. The van der Waals surface area contributed by atoms with Crippen molar-refractivity contribution in [1.29, 1.82) is 0 Å². The zero-order valence-corrected chi connectivity index (χ0v) is 17.2. The molecule has 2 aliphatic rings. The Kier molecular flexibility index (Phi) is 6.08. The van der Waals surface area contributed by atoms with Crippen LogP contribution in [0.4, 0.5) is 0 Å². The topological polar surface area (TPSA) is 86.7 Å². The number of nitrogens with one attached hydrogen (secondary N) is 1. The molecule has 0 saturated carbocycles. The number of alkyl halides is 1. The predicted octanol–water partition coefficient (Wildman–Crippen LogP) is 2.37. The van der Waals surface area contributed by atoms with Gasteiger partial charge < -0.3 is 10.4 Å². The van der Waals surface area contributed by atoms with Gasteiger partial charge in [-0.1, -0.05) is 6.07 Å². The highest BCUT2D eigenvalue weighted by Crippen LogP contribution is 2.40. The average molecular weight is 427 g/mol. The van der Waals surface area contributed by atoms with Gasteiger partial charge in [0, 0.05) is 16.5 Å². The Labute approximate surface area is 170 Å². The Morgan fingerprint density at radius 2 is 2.00 bits per heavy atom. The molecule has 1 saturated heterocycles. The lowest BCUT2D eigenvalue weighted by molar-refractivity contribution is -0.150. The van der Waals surface area contributed by atoms with Crippen LogP contribution in [0.5, 0.6) is 0 Å². The monoisotopic (exact) mass is 426 g/mol. The number of β-lactam (4-membered cyclic amide) rings is 1. The van der Waals surface area contributed by atoms with Gasteiger partial charge in [-0.05, 0) is 42.7 Å². The summed E-state index contributed by atoms with van der Waals surface area (Å²) in [7, 11) is 0. The third-order valence-corrected chi connectivity index (χ3v) is 6.93. The van der Waals surface area contributed by atoms with Crippen LogP contribution in [0.2, 0.25) is 0 Å². The van der Waals surface area contributed by atoms with Gasteiger partial charge in [0.25, 0.3) is 5.91 Å². The summed E-state index contributed by atoms with van der Waals surface area (Å²) in [6.45, 7) is 4.00. The molecule has 3 rings (SSSR count). The fourth-order valence-corrected chi connectivity index (χ4v) is 5.77. The minimum atomic E-state index is -1.17. The quantitative estimate of drug-likeness (QED) is 0.412. The number of halogens is 1. The van der Waals surface area contributed by atoms with Crippen LogP contribution >= 0.6 is 35.1 Å². The largest absolute Gasteiger partial charge is 0.477 e.